The van der Waals surface area contributed by atoms with Crippen molar-refractivity contribution in [3.8, 4) is 11.8 Å². The first-order valence-electron chi connectivity index (χ1n) is 11.4. The number of carboxylic acids is 1. The van der Waals surface area contributed by atoms with E-state index in [1.165, 1.54) is 5.56 Å². The van der Waals surface area contributed by atoms with Gasteiger partial charge in [-0.2, -0.15) is 5.26 Å². The summed E-state index contributed by atoms with van der Waals surface area (Å²) in [6.07, 6.45) is 6.00. The number of nitrogens with one attached hydrogen (secondary N) is 1. The Kier molecular flexibility index (Phi) is 5.65. The summed E-state index contributed by atoms with van der Waals surface area (Å²) >= 11 is 0. The predicted molar refractivity (Wildman–Crippen MR) is 125 cm³/mol. The second-order valence-electron chi connectivity index (χ2n) is 8.67. The van der Waals surface area contributed by atoms with Gasteiger partial charge in [0.2, 0.25) is 0 Å². The second-order valence-corrected chi connectivity index (χ2v) is 8.67. The van der Waals surface area contributed by atoms with E-state index < -0.39 is 12.0 Å². The van der Waals surface area contributed by atoms with Crippen LogP contribution in [0, 0.1) is 11.3 Å². The van der Waals surface area contributed by atoms with Crippen molar-refractivity contribution in [1.82, 2.24) is 14.9 Å². The Bertz CT molecular complexity index is 1240. The number of anilines is 1. The number of carboxylic acid groups (broad SMARTS) is 1. The molecular formula is C25H27N5O3. The minimum Gasteiger partial charge on any atom is -0.495 e. The standard InChI is InChI=1S/C25H27N5O3/c1-33-21-8-4-6-18-19(15-27-22(18)21)23(25(31)32)29-9-11-30(12-10-29)24-17(14-26)13-16-5-2-3-7-20(16)28-24/h4,6,8,13,15,23,27H,2-3,5,7,9-12H2,1H3,(H,31,32). The average Bonchev–Trinajstić information content (AvgIpc) is 3.27. The van der Waals surface area contributed by atoms with Crippen molar-refractivity contribution in [2.45, 2.75) is 31.7 Å². The summed E-state index contributed by atoms with van der Waals surface area (Å²) in [7, 11) is 1.60. The van der Waals surface area contributed by atoms with Gasteiger partial charge in [0, 0.05) is 49.0 Å². The molecule has 2 N–H and O–H groups in total. The smallest absolute Gasteiger partial charge is 0.325 e. The third-order valence-electron chi connectivity index (χ3n) is 6.84. The number of benzene rings is 1. The van der Waals surface area contributed by atoms with Crippen molar-refractivity contribution in [3.63, 3.8) is 0 Å². The molecule has 3 aromatic rings. The fourth-order valence-corrected chi connectivity index (χ4v) is 5.17. The number of ether oxygens (including phenoxy) is 1. The maximum absolute atomic E-state index is 12.4. The number of carbonyl (C=O) groups is 1. The van der Waals surface area contributed by atoms with E-state index >= 15 is 0 Å². The van der Waals surface area contributed by atoms with E-state index in [1.54, 1.807) is 13.3 Å². The third kappa shape index (κ3) is 3.79. The highest BCUT2D eigenvalue weighted by Gasteiger charge is 2.33. The number of nitriles is 1. The number of pyridine rings is 1. The van der Waals surface area contributed by atoms with E-state index in [-0.39, 0.29) is 0 Å². The zero-order valence-corrected chi connectivity index (χ0v) is 18.7. The van der Waals surface area contributed by atoms with Crippen LogP contribution < -0.4 is 9.64 Å². The largest absolute Gasteiger partial charge is 0.495 e. The van der Waals surface area contributed by atoms with Gasteiger partial charge in [0.25, 0.3) is 0 Å². The highest BCUT2D eigenvalue weighted by molar-refractivity contribution is 5.92. The van der Waals surface area contributed by atoms with Crippen molar-refractivity contribution in [2.24, 2.45) is 0 Å². The van der Waals surface area contributed by atoms with Crippen LogP contribution in [-0.4, -0.2) is 59.2 Å². The lowest BCUT2D eigenvalue weighted by Crippen LogP contribution is -2.49. The molecule has 1 aliphatic heterocycles. The molecule has 1 saturated heterocycles. The van der Waals surface area contributed by atoms with Gasteiger partial charge in [0.05, 0.1) is 18.2 Å². The molecule has 0 spiro atoms. The molecule has 2 aromatic heterocycles. The number of hydrogen-bond acceptors (Lipinski definition) is 6. The number of aliphatic carboxylic acids is 1. The van der Waals surface area contributed by atoms with Crippen molar-refractivity contribution in [2.75, 3.05) is 38.2 Å². The molecule has 1 aliphatic carbocycles. The van der Waals surface area contributed by atoms with Crippen LogP contribution in [0.2, 0.25) is 0 Å². The molecule has 1 fully saturated rings. The van der Waals surface area contributed by atoms with Crippen LogP contribution in [-0.2, 0) is 17.6 Å². The van der Waals surface area contributed by atoms with E-state index in [0.29, 0.717) is 37.5 Å². The number of aromatic nitrogens is 2. The molecule has 33 heavy (non-hydrogen) atoms. The van der Waals surface area contributed by atoms with Gasteiger partial charge >= 0.3 is 5.97 Å². The number of fused-ring (bicyclic) bond motifs is 2. The van der Waals surface area contributed by atoms with Crippen molar-refractivity contribution < 1.29 is 14.6 Å². The number of methoxy groups -OCH3 is 1. The summed E-state index contributed by atoms with van der Waals surface area (Å²) in [4.78, 5) is 24.5. The van der Waals surface area contributed by atoms with Crippen molar-refractivity contribution in [3.05, 3.63) is 52.8 Å². The van der Waals surface area contributed by atoms with E-state index in [4.69, 9.17) is 9.72 Å². The van der Waals surface area contributed by atoms with Gasteiger partial charge in [-0.25, -0.2) is 4.98 Å². The Balaban J connectivity index is 1.39. The van der Waals surface area contributed by atoms with E-state index in [9.17, 15) is 15.2 Å². The lowest BCUT2D eigenvalue weighted by atomic mass is 9.94. The highest BCUT2D eigenvalue weighted by Crippen LogP contribution is 2.34. The van der Waals surface area contributed by atoms with Crippen LogP contribution in [0.5, 0.6) is 5.75 Å². The fourth-order valence-electron chi connectivity index (χ4n) is 5.17. The van der Waals surface area contributed by atoms with Gasteiger partial charge in [-0.3, -0.25) is 9.69 Å². The number of nitrogens with zero attached hydrogens (tertiary/aromatic N) is 4. The summed E-state index contributed by atoms with van der Waals surface area (Å²) in [5.74, 6) is 0.550. The van der Waals surface area contributed by atoms with Gasteiger partial charge < -0.3 is 19.7 Å². The Hall–Kier alpha value is -3.57. The molecule has 5 rings (SSSR count). The van der Waals surface area contributed by atoms with Crippen LogP contribution in [0.4, 0.5) is 5.82 Å². The Morgan fingerprint density at radius 2 is 2.03 bits per heavy atom. The quantitative estimate of drug-likeness (QED) is 0.621. The molecule has 3 heterocycles. The molecule has 0 bridgehead atoms. The maximum Gasteiger partial charge on any atom is 0.325 e. The van der Waals surface area contributed by atoms with E-state index in [2.05, 4.69) is 16.0 Å². The topological polar surface area (TPSA) is 105 Å². The van der Waals surface area contributed by atoms with Crippen molar-refractivity contribution in [1.29, 1.82) is 5.26 Å². The predicted octanol–water partition coefficient (Wildman–Crippen LogP) is 3.27. The first-order chi connectivity index (χ1) is 16.1. The highest BCUT2D eigenvalue weighted by atomic mass is 16.5. The molecule has 1 aromatic carbocycles. The minimum atomic E-state index is -0.878. The third-order valence-corrected chi connectivity index (χ3v) is 6.84. The Morgan fingerprint density at radius 3 is 2.76 bits per heavy atom. The normalized spacial score (nSPS) is 17.4. The monoisotopic (exact) mass is 445 g/mol. The second kappa shape index (κ2) is 8.75. The molecule has 0 amide bonds. The first kappa shape index (κ1) is 21.3. The van der Waals surface area contributed by atoms with Crippen molar-refractivity contribution >= 4 is 22.7 Å². The maximum atomic E-state index is 12.4. The molecule has 170 valence electrons. The number of aromatic amines is 1. The Labute approximate surface area is 192 Å². The lowest BCUT2D eigenvalue weighted by Gasteiger charge is -2.38. The number of piperazine rings is 1. The molecule has 2 aliphatic rings. The van der Waals surface area contributed by atoms with E-state index in [1.807, 2.05) is 29.2 Å². The molecule has 1 unspecified atom stereocenters. The number of aryl methyl sites for hydroxylation is 2. The SMILES string of the molecule is COc1cccc2c(C(C(=O)O)N3CCN(c4nc5c(cc4C#N)CCCC5)CC3)c[nH]c12. The van der Waals surface area contributed by atoms with Crippen LogP contribution in [0.1, 0.15) is 41.3 Å². The Morgan fingerprint density at radius 1 is 1.24 bits per heavy atom. The van der Waals surface area contributed by atoms with E-state index in [0.717, 1.165) is 53.7 Å². The van der Waals surface area contributed by atoms with Gasteiger partial charge in [-0.1, -0.05) is 12.1 Å². The number of para-hydroxylation sites is 1. The molecular weight excluding hydrogens is 418 g/mol. The van der Waals surface area contributed by atoms with Gasteiger partial charge in [0.15, 0.2) is 0 Å². The summed E-state index contributed by atoms with van der Waals surface area (Å²) in [5.41, 5.74) is 4.45. The number of H-pyrrole nitrogens is 1. The minimum absolute atomic E-state index is 0.567. The fraction of sp³-hybridized carbons (Fsp3) is 0.400. The summed E-state index contributed by atoms with van der Waals surface area (Å²) in [6.45, 7) is 2.38. The molecule has 8 nitrogen and oxygen atoms in total. The zero-order valence-electron chi connectivity index (χ0n) is 18.7. The van der Waals surface area contributed by atoms with Crippen LogP contribution in [0.3, 0.4) is 0 Å². The van der Waals surface area contributed by atoms with Gasteiger partial charge in [-0.05, 0) is 43.4 Å². The summed E-state index contributed by atoms with van der Waals surface area (Å²) in [6, 6.07) is 9.21. The number of hydrogen-bond donors (Lipinski definition) is 2. The molecule has 8 heteroatoms. The van der Waals surface area contributed by atoms with Crippen LogP contribution >= 0.6 is 0 Å². The van der Waals surface area contributed by atoms with Crippen LogP contribution in [0.15, 0.2) is 30.5 Å². The number of rotatable bonds is 5. The summed E-state index contributed by atoms with van der Waals surface area (Å²) < 4.78 is 5.42. The average molecular weight is 446 g/mol. The lowest BCUT2D eigenvalue weighted by molar-refractivity contribution is -0.143. The first-order valence-corrected chi connectivity index (χ1v) is 11.4. The van der Waals surface area contributed by atoms with Crippen LogP contribution in [0.25, 0.3) is 10.9 Å². The molecule has 1 atom stereocenters. The molecule has 0 saturated carbocycles. The van der Waals surface area contributed by atoms with Gasteiger partial charge in [0.1, 0.15) is 23.7 Å². The molecule has 0 radical (unpaired) electrons. The zero-order chi connectivity index (χ0) is 22.9. The summed E-state index contributed by atoms with van der Waals surface area (Å²) in [5, 5.41) is 20.7. The van der Waals surface area contributed by atoms with Gasteiger partial charge in [-0.15, -0.1) is 0 Å².